The van der Waals surface area contributed by atoms with Crippen molar-refractivity contribution in [1.82, 2.24) is 0 Å². The molecule has 0 aliphatic heterocycles. The van der Waals surface area contributed by atoms with E-state index in [1.54, 1.807) is 0 Å². The van der Waals surface area contributed by atoms with Gasteiger partial charge in [0, 0.05) is 37.5 Å². The Hall–Kier alpha value is -1.22. The van der Waals surface area contributed by atoms with Gasteiger partial charge in [0.25, 0.3) is 0 Å². The standard InChI is InChI=1S/C13H25NO6Si/c1-4-18-21(19-5-2,20-6-3)9-7-8-11(13(14)17)10-12(15)16/h10H,4-9H2,1-3H3,(H2,14,17)(H,15,16)/b11-10-. The van der Waals surface area contributed by atoms with E-state index in [9.17, 15) is 9.59 Å². The fraction of sp³-hybridized carbons (Fsp3) is 0.692. The molecular formula is C13H25NO6Si. The molecule has 3 N–H and O–H groups in total. The van der Waals surface area contributed by atoms with Gasteiger partial charge in [0.15, 0.2) is 0 Å². The van der Waals surface area contributed by atoms with E-state index in [1.165, 1.54) is 0 Å². The van der Waals surface area contributed by atoms with Crippen molar-refractivity contribution in [1.29, 1.82) is 0 Å². The average molecular weight is 319 g/mol. The molecule has 0 bridgehead atoms. The summed E-state index contributed by atoms with van der Waals surface area (Å²) in [5.41, 5.74) is 5.24. The Bertz CT molecular complexity index is 355. The normalized spacial score (nSPS) is 12.4. The maximum absolute atomic E-state index is 11.2. The third kappa shape index (κ3) is 7.95. The van der Waals surface area contributed by atoms with Crippen molar-refractivity contribution < 1.29 is 28.0 Å². The van der Waals surface area contributed by atoms with Crippen molar-refractivity contribution in [3.8, 4) is 0 Å². The molecule has 0 saturated carbocycles. The van der Waals surface area contributed by atoms with Crippen LogP contribution in [0.1, 0.15) is 33.6 Å². The molecule has 0 saturated heterocycles. The Balaban J connectivity index is 4.73. The number of carbonyl (C=O) groups is 2. The molecule has 122 valence electrons. The monoisotopic (exact) mass is 319 g/mol. The Morgan fingerprint density at radius 1 is 1.10 bits per heavy atom. The average Bonchev–Trinajstić information content (AvgIpc) is 2.38. The van der Waals surface area contributed by atoms with Crippen LogP contribution in [0.15, 0.2) is 11.6 Å². The van der Waals surface area contributed by atoms with E-state index in [0.717, 1.165) is 6.08 Å². The molecule has 0 radical (unpaired) electrons. The summed E-state index contributed by atoms with van der Waals surface area (Å²) in [6.07, 6.45) is 1.60. The van der Waals surface area contributed by atoms with Gasteiger partial charge in [-0.15, -0.1) is 0 Å². The zero-order valence-electron chi connectivity index (χ0n) is 12.9. The largest absolute Gasteiger partial charge is 0.500 e. The van der Waals surface area contributed by atoms with Gasteiger partial charge in [0.1, 0.15) is 0 Å². The second kappa shape index (κ2) is 10.5. The lowest BCUT2D eigenvalue weighted by Gasteiger charge is -2.28. The van der Waals surface area contributed by atoms with E-state index in [1.807, 2.05) is 20.8 Å². The fourth-order valence-electron chi connectivity index (χ4n) is 1.91. The molecule has 0 aromatic carbocycles. The van der Waals surface area contributed by atoms with Crippen molar-refractivity contribution in [2.24, 2.45) is 5.73 Å². The Labute approximate surface area is 126 Å². The van der Waals surface area contributed by atoms with E-state index in [2.05, 4.69) is 0 Å². The van der Waals surface area contributed by atoms with Crippen LogP contribution in [0.2, 0.25) is 6.04 Å². The molecule has 0 fully saturated rings. The molecule has 0 aliphatic carbocycles. The van der Waals surface area contributed by atoms with Crippen LogP contribution in [0.25, 0.3) is 0 Å². The SMILES string of the molecule is CCO[Si](CCC/C(=C/C(=O)O)C(N)=O)(OCC)OCC. The van der Waals surface area contributed by atoms with Crippen molar-refractivity contribution in [2.75, 3.05) is 19.8 Å². The second-order valence-corrected chi connectivity index (χ2v) is 6.94. The maximum Gasteiger partial charge on any atom is 0.500 e. The molecule has 0 spiro atoms. The predicted octanol–water partition coefficient (Wildman–Crippen LogP) is 1.31. The first-order chi connectivity index (χ1) is 9.90. The highest BCUT2D eigenvalue weighted by Gasteiger charge is 2.39. The van der Waals surface area contributed by atoms with Crippen LogP contribution >= 0.6 is 0 Å². The quantitative estimate of drug-likeness (QED) is 0.415. The highest BCUT2D eigenvalue weighted by molar-refractivity contribution is 6.60. The van der Waals surface area contributed by atoms with Gasteiger partial charge in [-0.1, -0.05) is 0 Å². The maximum atomic E-state index is 11.2. The van der Waals surface area contributed by atoms with Crippen LogP contribution < -0.4 is 5.73 Å². The molecule has 0 rings (SSSR count). The molecule has 0 atom stereocenters. The van der Waals surface area contributed by atoms with Crippen molar-refractivity contribution in [3.05, 3.63) is 11.6 Å². The Kier molecular flexibility index (Phi) is 9.88. The van der Waals surface area contributed by atoms with Gasteiger partial charge in [-0.25, -0.2) is 4.79 Å². The number of aliphatic carboxylic acids is 1. The van der Waals surface area contributed by atoms with Gasteiger partial charge in [0.05, 0.1) is 0 Å². The zero-order chi connectivity index (χ0) is 16.3. The summed E-state index contributed by atoms with van der Waals surface area (Å²) in [4.78, 5) is 21.8. The van der Waals surface area contributed by atoms with Gasteiger partial charge in [-0.05, 0) is 33.6 Å². The predicted molar refractivity (Wildman–Crippen MR) is 79.6 cm³/mol. The summed E-state index contributed by atoms with van der Waals surface area (Å²) in [7, 11) is -2.76. The van der Waals surface area contributed by atoms with E-state index in [4.69, 9.17) is 24.1 Å². The molecule has 0 unspecified atom stereocenters. The van der Waals surface area contributed by atoms with Gasteiger partial charge in [0.2, 0.25) is 5.91 Å². The van der Waals surface area contributed by atoms with Crippen LogP contribution in [0, 0.1) is 0 Å². The highest BCUT2D eigenvalue weighted by atomic mass is 28.4. The molecule has 21 heavy (non-hydrogen) atoms. The number of nitrogens with two attached hydrogens (primary N) is 1. The number of amides is 1. The minimum absolute atomic E-state index is 0.0786. The second-order valence-electron chi connectivity index (χ2n) is 4.21. The molecule has 0 aliphatic rings. The molecule has 0 aromatic rings. The lowest BCUT2D eigenvalue weighted by molar-refractivity contribution is -0.131. The topological polar surface area (TPSA) is 108 Å². The number of hydrogen-bond acceptors (Lipinski definition) is 5. The molecule has 0 aromatic heterocycles. The first-order valence-electron chi connectivity index (χ1n) is 7.05. The van der Waals surface area contributed by atoms with Gasteiger partial charge in [-0.2, -0.15) is 0 Å². The number of primary amides is 1. The van der Waals surface area contributed by atoms with E-state index < -0.39 is 20.7 Å². The molecular weight excluding hydrogens is 294 g/mol. The van der Waals surface area contributed by atoms with Crippen LogP contribution in [0.3, 0.4) is 0 Å². The summed E-state index contributed by atoms with van der Waals surface area (Å²) in [5, 5.41) is 8.70. The highest BCUT2D eigenvalue weighted by Crippen LogP contribution is 2.21. The van der Waals surface area contributed by atoms with Crippen molar-refractivity contribution in [2.45, 2.75) is 39.7 Å². The van der Waals surface area contributed by atoms with Gasteiger partial charge >= 0.3 is 14.8 Å². The van der Waals surface area contributed by atoms with Crippen molar-refractivity contribution >= 4 is 20.7 Å². The van der Waals surface area contributed by atoms with E-state index in [0.29, 0.717) is 32.3 Å². The first-order valence-corrected chi connectivity index (χ1v) is 8.99. The third-order valence-electron chi connectivity index (χ3n) is 2.64. The summed E-state index contributed by atoms with van der Waals surface area (Å²) < 4.78 is 17.0. The van der Waals surface area contributed by atoms with E-state index >= 15 is 0 Å². The van der Waals surface area contributed by atoms with Crippen LogP contribution in [-0.2, 0) is 22.9 Å². The molecule has 7 nitrogen and oxygen atoms in total. The summed E-state index contributed by atoms with van der Waals surface area (Å²) in [5.74, 6) is -1.92. The summed E-state index contributed by atoms with van der Waals surface area (Å²) in [6, 6.07) is 0.507. The molecule has 0 heterocycles. The number of carboxylic acid groups (broad SMARTS) is 1. The summed E-state index contributed by atoms with van der Waals surface area (Å²) >= 11 is 0. The summed E-state index contributed by atoms with van der Waals surface area (Å²) in [6.45, 7) is 7.00. The number of hydrogen-bond donors (Lipinski definition) is 2. The minimum atomic E-state index is -2.76. The zero-order valence-corrected chi connectivity index (χ0v) is 13.9. The smallest absolute Gasteiger partial charge is 0.478 e. The van der Waals surface area contributed by atoms with Crippen LogP contribution in [-0.4, -0.2) is 45.6 Å². The number of rotatable bonds is 12. The minimum Gasteiger partial charge on any atom is -0.478 e. The van der Waals surface area contributed by atoms with Crippen molar-refractivity contribution in [3.63, 3.8) is 0 Å². The lowest BCUT2D eigenvalue weighted by Crippen LogP contribution is -2.45. The van der Waals surface area contributed by atoms with E-state index in [-0.39, 0.29) is 12.0 Å². The van der Waals surface area contributed by atoms with Gasteiger partial charge in [-0.3, -0.25) is 4.79 Å². The van der Waals surface area contributed by atoms with Gasteiger partial charge < -0.3 is 24.1 Å². The number of carboxylic acids is 1. The Morgan fingerprint density at radius 2 is 1.57 bits per heavy atom. The lowest BCUT2D eigenvalue weighted by atomic mass is 10.1. The fourth-order valence-corrected chi connectivity index (χ4v) is 4.52. The first kappa shape index (κ1) is 19.8. The Morgan fingerprint density at radius 3 is 1.90 bits per heavy atom. The molecule has 8 heteroatoms. The third-order valence-corrected chi connectivity index (χ3v) is 5.79. The van der Waals surface area contributed by atoms with Crippen LogP contribution in [0.5, 0.6) is 0 Å². The molecule has 1 amide bonds. The van der Waals surface area contributed by atoms with Crippen LogP contribution in [0.4, 0.5) is 0 Å². The number of carbonyl (C=O) groups excluding carboxylic acids is 1.